The van der Waals surface area contributed by atoms with Crippen molar-refractivity contribution < 1.29 is 4.39 Å². The van der Waals surface area contributed by atoms with E-state index in [1.54, 1.807) is 6.07 Å². The highest BCUT2D eigenvalue weighted by atomic mass is 19.1. The fraction of sp³-hybridized carbons (Fsp3) is 0.136. The molecule has 0 saturated carbocycles. The van der Waals surface area contributed by atoms with Crippen molar-refractivity contribution in [2.75, 3.05) is 5.32 Å². The second kappa shape index (κ2) is 7.00. The molecule has 4 rings (SSSR count). The van der Waals surface area contributed by atoms with Gasteiger partial charge in [-0.05, 0) is 36.8 Å². The van der Waals surface area contributed by atoms with Crippen LogP contribution in [0.5, 0.6) is 0 Å². The third-order valence-electron chi connectivity index (χ3n) is 4.60. The molecule has 4 aromatic rings. The van der Waals surface area contributed by atoms with E-state index in [-0.39, 0.29) is 5.82 Å². The maximum absolute atomic E-state index is 14.2. The van der Waals surface area contributed by atoms with Gasteiger partial charge in [0.1, 0.15) is 11.6 Å². The van der Waals surface area contributed by atoms with Gasteiger partial charge < -0.3 is 9.88 Å². The van der Waals surface area contributed by atoms with Gasteiger partial charge in [0.2, 0.25) is 0 Å². The summed E-state index contributed by atoms with van der Waals surface area (Å²) in [6, 6.07) is 23.0. The third-order valence-corrected chi connectivity index (χ3v) is 4.60. The van der Waals surface area contributed by atoms with Gasteiger partial charge >= 0.3 is 0 Å². The van der Waals surface area contributed by atoms with Crippen LogP contribution < -0.4 is 5.32 Å². The molecule has 3 aromatic carbocycles. The lowest BCUT2D eigenvalue weighted by atomic mass is 10.2. The number of anilines is 1. The number of aromatic nitrogens is 2. The van der Waals surface area contributed by atoms with Crippen LogP contribution in [0.1, 0.15) is 17.0 Å². The van der Waals surface area contributed by atoms with Gasteiger partial charge in [-0.15, -0.1) is 0 Å². The van der Waals surface area contributed by atoms with E-state index in [1.165, 1.54) is 11.6 Å². The standard InChI is InChI=1S/C22H20FN3/c1-16-8-2-5-11-19(16)24-14-22-25-20-12-6-7-13-21(20)26(22)15-17-9-3-4-10-18(17)23/h2-13,24H,14-15H2,1H3. The number of fused-ring (bicyclic) bond motifs is 1. The van der Waals surface area contributed by atoms with Crippen LogP contribution in [0, 0.1) is 12.7 Å². The molecule has 0 bridgehead atoms. The molecule has 0 atom stereocenters. The maximum Gasteiger partial charge on any atom is 0.129 e. The molecule has 3 nitrogen and oxygen atoms in total. The average molecular weight is 345 g/mol. The molecule has 0 aliphatic heterocycles. The number of rotatable bonds is 5. The van der Waals surface area contributed by atoms with Crippen molar-refractivity contribution in [2.45, 2.75) is 20.0 Å². The van der Waals surface area contributed by atoms with Crippen LogP contribution in [0.15, 0.2) is 72.8 Å². The lowest BCUT2D eigenvalue weighted by molar-refractivity contribution is 0.598. The van der Waals surface area contributed by atoms with Crippen LogP contribution >= 0.6 is 0 Å². The van der Waals surface area contributed by atoms with Gasteiger partial charge in [0.25, 0.3) is 0 Å². The highest BCUT2D eigenvalue weighted by Gasteiger charge is 2.12. The van der Waals surface area contributed by atoms with Crippen molar-refractivity contribution in [2.24, 2.45) is 0 Å². The molecule has 0 radical (unpaired) electrons. The van der Waals surface area contributed by atoms with E-state index in [0.717, 1.165) is 22.5 Å². The largest absolute Gasteiger partial charge is 0.378 e. The summed E-state index contributed by atoms with van der Waals surface area (Å²) in [5.74, 6) is 0.695. The predicted octanol–water partition coefficient (Wildman–Crippen LogP) is 5.14. The van der Waals surface area contributed by atoms with E-state index in [0.29, 0.717) is 18.7 Å². The normalized spacial score (nSPS) is 11.0. The lowest BCUT2D eigenvalue weighted by Gasteiger charge is -2.12. The summed E-state index contributed by atoms with van der Waals surface area (Å²) in [6.45, 7) is 3.11. The Bertz CT molecular complexity index is 1050. The van der Waals surface area contributed by atoms with E-state index < -0.39 is 0 Å². The van der Waals surface area contributed by atoms with E-state index in [1.807, 2.05) is 48.5 Å². The van der Waals surface area contributed by atoms with Gasteiger partial charge in [-0.2, -0.15) is 0 Å². The zero-order valence-corrected chi connectivity index (χ0v) is 14.6. The Hall–Kier alpha value is -3.14. The van der Waals surface area contributed by atoms with Crippen LogP contribution in [0.25, 0.3) is 11.0 Å². The Kier molecular flexibility index (Phi) is 4.40. The van der Waals surface area contributed by atoms with E-state index >= 15 is 0 Å². The first-order chi connectivity index (χ1) is 12.7. The summed E-state index contributed by atoms with van der Waals surface area (Å²) < 4.78 is 16.3. The van der Waals surface area contributed by atoms with Gasteiger partial charge in [0, 0.05) is 11.3 Å². The number of nitrogens with one attached hydrogen (secondary N) is 1. The van der Waals surface area contributed by atoms with Crippen molar-refractivity contribution in [1.82, 2.24) is 9.55 Å². The van der Waals surface area contributed by atoms with Gasteiger partial charge in [-0.3, -0.25) is 0 Å². The Morgan fingerprint density at radius 1 is 0.923 bits per heavy atom. The number of hydrogen-bond donors (Lipinski definition) is 1. The zero-order chi connectivity index (χ0) is 17.9. The molecule has 1 N–H and O–H groups in total. The highest BCUT2D eigenvalue weighted by Crippen LogP contribution is 2.21. The summed E-state index contributed by atoms with van der Waals surface area (Å²) in [7, 11) is 0. The maximum atomic E-state index is 14.2. The molecule has 0 unspecified atom stereocenters. The molecule has 0 fully saturated rings. The van der Waals surface area contributed by atoms with Crippen molar-refractivity contribution in [3.05, 3.63) is 95.6 Å². The summed E-state index contributed by atoms with van der Waals surface area (Å²) >= 11 is 0. The first kappa shape index (κ1) is 16.3. The van der Waals surface area contributed by atoms with Crippen molar-refractivity contribution in [1.29, 1.82) is 0 Å². The third kappa shape index (κ3) is 3.18. The number of imidazole rings is 1. The molecule has 0 spiro atoms. The van der Waals surface area contributed by atoms with Crippen LogP contribution in [-0.2, 0) is 13.1 Å². The summed E-state index contributed by atoms with van der Waals surface area (Å²) in [5, 5.41) is 3.45. The highest BCUT2D eigenvalue weighted by molar-refractivity contribution is 5.76. The second-order valence-corrected chi connectivity index (χ2v) is 6.36. The summed E-state index contributed by atoms with van der Waals surface area (Å²) in [6.07, 6.45) is 0. The summed E-state index contributed by atoms with van der Waals surface area (Å²) in [5.41, 5.74) is 4.86. The second-order valence-electron chi connectivity index (χ2n) is 6.36. The number of para-hydroxylation sites is 3. The molecule has 1 heterocycles. The fourth-order valence-corrected chi connectivity index (χ4v) is 3.18. The van der Waals surface area contributed by atoms with Gasteiger partial charge in [0.15, 0.2) is 0 Å². The monoisotopic (exact) mass is 345 g/mol. The lowest BCUT2D eigenvalue weighted by Crippen LogP contribution is -2.11. The van der Waals surface area contributed by atoms with Crippen LogP contribution in [-0.4, -0.2) is 9.55 Å². The molecule has 26 heavy (non-hydrogen) atoms. The molecule has 130 valence electrons. The molecular weight excluding hydrogens is 325 g/mol. The van der Waals surface area contributed by atoms with Crippen molar-refractivity contribution in [3.8, 4) is 0 Å². The molecule has 0 saturated heterocycles. The molecular formula is C22H20FN3. The van der Waals surface area contributed by atoms with Gasteiger partial charge in [-0.1, -0.05) is 48.5 Å². The minimum absolute atomic E-state index is 0.192. The predicted molar refractivity (Wildman–Crippen MR) is 104 cm³/mol. The molecule has 0 amide bonds. The van der Waals surface area contributed by atoms with E-state index in [4.69, 9.17) is 4.98 Å². The van der Waals surface area contributed by atoms with Gasteiger partial charge in [-0.25, -0.2) is 9.37 Å². The van der Waals surface area contributed by atoms with Crippen molar-refractivity contribution in [3.63, 3.8) is 0 Å². The SMILES string of the molecule is Cc1ccccc1NCc1nc2ccccc2n1Cc1ccccc1F. The quantitative estimate of drug-likeness (QED) is 0.542. The molecule has 4 heteroatoms. The smallest absolute Gasteiger partial charge is 0.129 e. The Morgan fingerprint density at radius 3 is 2.50 bits per heavy atom. The van der Waals surface area contributed by atoms with E-state index in [9.17, 15) is 4.39 Å². The van der Waals surface area contributed by atoms with E-state index in [2.05, 4.69) is 28.9 Å². The molecule has 0 aliphatic carbocycles. The first-order valence-corrected chi connectivity index (χ1v) is 8.69. The van der Waals surface area contributed by atoms with Crippen LogP contribution in [0.2, 0.25) is 0 Å². The average Bonchev–Trinajstić information content (AvgIpc) is 3.01. The Morgan fingerprint density at radius 2 is 1.65 bits per heavy atom. The number of halogens is 1. The zero-order valence-electron chi connectivity index (χ0n) is 14.6. The minimum Gasteiger partial charge on any atom is -0.378 e. The fourth-order valence-electron chi connectivity index (χ4n) is 3.18. The van der Waals surface area contributed by atoms with Gasteiger partial charge in [0.05, 0.1) is 24.1 Å². The first-order valence-electron chi connectivity index (χ1n) is 8.69. The van der Waals surface area contributed by atoms with Crippen LogP contribution in [0.4, 0.5) is 10.1 Å². The topological polar surface area (TPSA) is 29.9 Å². The van der Waals surface area contributed by atoms with Crippen LogP contribution in [0.3, 0.4) is 0 Å². The number of nitrogens with zero attached hydrogens (tertiary/aromatic N) is 2. The van der Waals surface area contributed by atoms with Crippen molar-refractivity contribution >= 4 is 16.7 Å². The Balaban J connectivity index is 1.70. The number of hydrogen-bond acceptors (Lipinski definition) is 2. The minimum atomic E-state index is -0.192. The number of benzene rings is 3. The Labute approximate surface area is 152 Å². The molecule has 1 aromatic heterocycles. The molecule has 0 aliphatic rings. The summed E-state index contributed by atoms with van der Waals surface area (Å²) in [4.78, 5) is 4.76. The number of aryl methyl sites for hydroxylation is 1.